The van der Waals surface area contributed by atoms with E-state index in [0.29, 0.717) is 0 Å². The van der Waals surface area contributed by atoms with Crippen LogP contribution in [0.25, 0.3) is 11.8 Å². The third-order valence-electron chi connectivity index (χ3n) is 3.89. The highest BCUT2D eigenvalue weighted by Gasteiger charge is 2.37. The van der Waals surface area contributed by atoms with Gasteiger partial charge in [0.2, 0.25) is 6.79 Å². The minimum Gasteiger partial charge on any atom is -0.482 e. The molecule has 3 nitrogen and oxygen atoms in total. The van der Waals surface area contributed by atoms with E-state index in [9.17, 15) is 0 Å². The summed E-state index contributed by atoms with van der Waals surface area (Å²) >= 11 is 0. The first-order valence-electron chi connectivity index (χ1n) is 7.04. The Morgan fingerprint density at radius 2 is 1.71 bits per heavy atom. The second-order valence-corrected chi connectivity index (χ2v) is 5.78. The molecule has 0 fully saturated rings. The highest BCUT2D eigenvalue weighted by atomic mass is 16.7. The normalized spacial score (nSPS) is 19.4. The first-order chi connectivity index (χ1) is 10.1. The lowest BCUT2D eigenvalue weighted by Crippen LogP contribution is -2.14. The van der Waals surface area contributed by atoms with Crippen molar-refractivity contribution in [1.29, 1.82) is 0 Å². The predicted octanol–water partition coefficient (Wildman–Crippen LogP) is 4.18. The maximum absolute atomic E-state index is 6.15. The Bertz CT molecular complexity index is 730. The zero-order valence-electron chi connectivity index (χ0n) is 12.1. The Kier molecular flexibility index (Phi) is 2.52. The van der Waals surface area contributed by atoms with Crippen molar-refractivity contribution in [3.8, 4) is 11.5 Å². The highest BCUT2D eigenvalue weighted by molar-refractivity contribution is 5.83. The molecule has 2 heterocycles. The van der Waals surface area contributed by atoms with Gasteiger partial charge in [-0.05, 0) is 37.6 Å². The van der Waals surface area contributed by atoms with Gasteiger partial charge in [-0.2, -0.15) is 0 Å². The van der Waals surface area contributed by atoms with Gasteiger partial charge < -0.3 is 14.2 Å². The van der Waals surface area contributed by atoms with E-state index in [4.69, 9.17) is 14.2 Å². The topological polar surface area (TPSA) is 27.7 Å². The van der Waals surface area contributed by atoms with Crippen molar-refractivity contribution in [3.05, 3.63) is 59.2 Å². The van der Waals surface area contributed by atoms with Gasteiger partial charge >= 0.3 is 0 Å². The Morgan fingerprint density at radius 3 is 2.48 bits per heavy atom. The molecule has 0 amide bonds. The molecule has 0 N–H and O–H groups in total. The van der Waals surface area contributed by atoms with Gasteiger partial charge in [0, 0.05) is 11.1 Å². The van der Waals surface area contributed by atoms with Gasteiger partial charge in [-0.3, -0.25) is 0 Å². The minimum absolute atomic E-state index is 0.289. The summed E-state index contributed by atoms with van der Waals surface area (Å²) in [7, 11) is 0. The number of benzene rings is 2. The quantitative estimate of drug-likeness (QED) is 0.784. The zero-order chi connectivity index (χ0) is 14.4. The molecular formula is C18H16O3. The highest BCUT2D eigenvalue weighted by Crippen LogP contribution is 2.48. The van der Waals surface area contributed by atoms with Gasteiger partial charge in [0.15, 0.2) is 11.5 Å². The molecular weight excluding hydrogens is 264 g/mol. The minimum atomic E-state index is -0.364. The van der Waals surface area contributed by atoms with E-state index < -0.39 is 0 Å². The van der Waals surface area contributed by atoms with Crippen LogP contribution in [-0.4, -0.2) is 6.79 Å². The van der Waals surface area contributed by atoms with Gasteiger partial charge in [0.25, 0.3) is 0 Å². The molecule has 0 aliphatic carbocycles. The Labute approximate surface area is 123 Å². The largest absolute Gasteiger partial charge is 0.482 e. The van der Waals surface area contributed by atoms with Crippen LogP contribution < -0.4 is 9.47 Å². The molecule has 0 atom stereocenters. The predicted molar refractivity (Wildman–Crippen MR) is 81.0 cm³/mol. The molecule has 2 aromatic carbocycles. The molecule has 21 heavy (non-hydrogen) atoms. The lowest BCUT2D eigenvalue weighted by molar-refractivity contribution is 0.0937. The first kappa shape index (κ1) is 12.3. The number of rotatable bonds is 1. The van der Waals surface area contributed by atoms with Crippen molar-refractivity contribution >= 4 is 11.8 Å². The lowest BCUT2D eigenvalue weighted by Gasteiger charge is -2.19. The van der Waals surface area contributed by atoms with E-state index in [1.54, 1.807) is 0 Å². The van der Waals surface area contributed by atoms with E-state index in [1.807, 2.05) is 30.3 Å². The molecule has 0 saturated heterocycles. The second-order valence-electron chi connectivity index (χ2n) is 5.78. The fraction of sp³-hybridized carbons (Fsp3) is 0.222. The zero-order valence-corrected chi connectivity index (χ0v) is 12.1. The van der Waals surface area contributed by atoms with Crippen LogP contribution in [0.15, 0.2) is 42.5 Å². The summed E-state index contributed by atoms with van der Waals surface area (Å²) in [5.41, 5.74) is 2.97. The molecule has 4 rings (SSSR count). The van der Waals surface area contributed by atoms with Gasteiger partial charge in [0.05, 0.1) is 0 Å². The molecule has 2 aromatic rings. The molecule has 0 aromatic heterocycles. The Morgan fingerprint density at radius 1 is 1.00 bits per heavy atom. The third-order valence-corrected chi connectivity index (χ3v) is 3.89. The standard InChI is InChI=1S/C18H16O3/c1-18(2)14-10-17-16(19-11-20-17)9-13(14)15(21-18)8-12-6-4-3-5-7-12/h3-10H,11H2,1-2H3/b15-8+. The van der Waals surface area contributed by atoms with Gasteiger partial charge in [-0.15, -0.1) is 0 Å². The molecule has 0 saturated carbocycles. The van der Waals surface area contributed by atoms with Gasteiger partial charge in [-0.1, -0.05) is 30.3 Å². The third kappa shape index (κ3) is 1.97. The maximum atomic E-state index is 6.15. The molecule has 0 unspecified atom stereocenters. The summed E-state index contributed by atoms with van der Waals surface area (Å²) in [5.74, 6) is 2.46. The lowest BCUT2D eigenvalue weighted by atomic mass is 9.94. The number of hydrogen-bond donors (Lipinski definition) is 0. The second kappa shape index (κ2) is 4.29. The van der Waals surface area contributed by atoms with Crippen LogP contribution in [0.3, 0.4) is 0 Å². The van der Waals surface area contributed by atoms with E-state index in [2.05, 4.69) is 32.1 Å². The summed E-state index contributed by atoms with van der Waals surface area (Å²) in [6.45, 7) is 4.43. The summed E-state index contributed by atoms with van der Waals surface area (Å²) in [6, 6.07) is 14.2. The maximum Gasteiger partial charge on any atom is 0.231 e. The Balaban J connectivity index is 1.86. The molecule has 106 valence electrons. The van der Waals surface area contributed by atoms with Gasteiger partial charge in [-0.25, -0.2) is 0 Å². The first-order valence-corrected chi connectivity index (χ1v) is 7.04. The SMILES string of the molecule is CC1(C)O/C(=C/c2ccccc2)c2cc3c(cc21)OCO3. The van der Waals surface area contributed by atoms with Crippen molar-refractivity contribution in [2.45, 2.75) is 19.4 Å². The molecule has 3 heteroatoms. The monoisotopic (exact) mass is 280 g/mol. The average Bonchev–Trinajstić information content (AvgIpc) is 3.01. The number of hydrogen-bond acceptors (Lipinski definition) is 3. The van der Waals surface area contributed by atoms with Gasteiger partial charge in [0.1, 0.15) is 11.4 Å². The molecule has 0 spiro atoms. The smallest absolute Gasteiger partial charge is 0.231 e. The van der Waals surface area contributed by atoms with Crippen molar-refractivity contribution < 1.29 is 14.2 Å². The van der Waals surface area contributed by atoms with Crippen LogP contribution in [0.2, 0.25) is 0 Å². The summed E-state index contributed by atoms with van der Waals surface area (Å²) < 4.78 is 17.1. The van der Waals surface area contributed by atoms with Crippen molar-refractivity contribution in [2.24, 2.45) is 0 Å². The summed E-state index contributed by atoms with van der Waals surface area (Å²) in [4.78, 5) is 0. The van der Waals surface area contributed by atoms with E-state index in [1.165, 1.54) is 0 Å². The van der Waals surface area contributed by atoms with Crippen LogP contribution in [0.1, 0.15) is 30.5 Å². The summed E-state index contributed by atoms with van der Waals surface area (Å²) in [6.07, 6.45) is 2.07. The molecule has 2 aliphatic rings. The number of ether oxygens (including phenoxy) is 3. The van der Waals surface area contributed by atoms with E-state index in [0.717, 1.165) is 33.9 Å². The van der Waals surface area contributed by atoms with Crippen LogP contribution >= 0.6 is 0 Å². The fourth-order valence-corrected chi connectivity index (χ4v) is 2.84. The van der Waals surface area contributed by atoms with Crippen LogP contribution in [0, 0.1) is 0 Å². The average molecular weight is 280 g/mol. The van der Waals surface area contributed by atoms with Crippen LogP contribution in [0.4, 0.5) is 0 Å². The molecule has 2 aliphatic heterocycles. The van der Waals surface area contributed by atoms with Crippen molar-refractivity contribution in [2.75, 3.05) is 6.79 Å². The Hall–Kier alpha value is -2.42. The molecule has 0 bridgehead atoms. The van der Waals surface area contributed by atoms with Crippen molar-refractivity contribution in [1.82, 2.24) is 0 Å². The van der Waals surface area contributed by atoms with E-state index in [-0.39, 0.29) is 12.4 Å². The van der Waals surface area contributed by atoms with Crippen molar-refractivity contribution in [3.63, 3.8) is 0 Å². The number of fused-ring (bicyclic) bond motifs is 2. The van der Waals surface area contributed by atoms with Crippen LogP contribution in [-0.2, 0) is 10.3 Å². The van der Waals surface area contributed by atoms with Crippen LogP contribution in [0.5, 0.6) is 11.5 Å². The molecule has 0 radical (unpaired) electrons. The fourth-order valence-electron chi connectivity index (χ4n) is 2.84. The summed E-state index contributed by atoms with van der Waals surface area (Å²) in [5, 5.41) is 0. The van der Waals surface area contributed by atoms with E-state index >= 15 is 0 Å².